The number of methoxy groups -OCH3 is 1. The number of nitrogens with two attached hydrogens (primary N) is 1. The molecule has 0 aromatic carbocycles. The SMILES string of the molecule is C=C(C)C(=O)OC.C=C(CCC)C(N)=O. The van der Waals surface area contributed by atoms with Gasteiger partial charge in [-0.15, -0.1) is 0 Å². The summed E-state index contributed by atoms with van der Waals surface area (Å²) in [5.74, 6) is -0.730. The van der Waals surface area contributed by atoms with Crippen molar-refractivity contribution in [3.8, 4) is 0 Å². The maximum atomic E-state index is 10.2. The molecule has 0 aromatic heterocycles. The van der Waals surface area contributed by atoms with Gasteiger partial charge in [0.05, 0.1) is 7.11 Å². The number of rotatable bonds is 4. The van der Waals surface area contributed by atoms with E-state index in [0.717, 1.165) is 12.8 Å². The summed E-state index contributed by atoms with van der Waals surface area (Å²) in [6, 6.07) is 0. The molecule has 0 unspecified atom stereocenters. The average Bonchev–Trinajstić information content (AvgIpc) is 2.17. The number of carbonyl (C=O) groups excluding carboxylic acids is 2. The molecule has 0 rings (SSSR count). The Balaban J connectivity index is 0. The largest absolute Gasteiger partial charge is 0.466 e. The van der Waals surface area contributed by atoms with Crippen molar-refractivity contribution in [2.75, 3.05) is 7.11 Å². The fraction of sp³-hybridized carbons (Fsp3) is 0.455. The first kappa shape index (κ1) is 15.9. The van der Waals surface area contributed by atoms with E-state index in [4.69, 9.17) is 5.73 Å². The molecule has 0 aliphatic carbocycles. The van der Waals surface area contributed by atoms with Gasteiger partial charge < -0.3 is 10.5 Å². The minimum absolute atomic E-state index is 0.347. The van der Waals surface area contributed by atoms with Crippen LogP contribution in [0, 0.1) is 0 Å². The average molecular weight is 213 g/mol. The van der Waals surface area contributed by atoms with E-state index in [1.165, 1.54) is 7.11 Å². The first-order chi connectivity index (χ1) is 6.86. The highest BCUT2D eigenvalue weighted by Gasteiger charge is 1.96. The lowest BCUT2D eigenvalue weighted by atomic mass is 10.2. The molecule has 4 nitrogen and oxygen atoms in total. The molecule has 2 N–H and O–H groups in total. The fourth-order valence-corrected chi connectivity index (χ4v) is 0.599. The molecule has 0 aliphatic rings. The summed E-state index contributed by atoms with van der Waals surface area (Å²) in [7, 11) is 1.33. The lowest BCUT2D eigenvalue weighted by Crippen LogP contribution is -2.12. The summed E-state index contributed by atoms with van der Waals surface area (Å²) in [6.07, 6.45) is 1.65. The molecule has 0 saturated carbocycles. The summed E-state index contributed by atoms with van der Waals surface area (Å²) in [5, 5.41) is 0. The maximum absolute atomic E-state index is 10.2. The van der Waals surface area contributed by atoms with Crippen LogP contribution in [0.5, 0.6) is 0 Å². The molecule has 0 aliphatic heterocycles. The molecule has 0 radical (unpaired) electrons. The van der Waals surface area contributed by atoms with Crippen molar-refractivity contribution < 1.29 is 14.3 Å². The van der Waals surface area contributed by atoms with Gasteiger partial charge in [-0.1, -0.05) is 26.5 Å². The standard InChI is InChI=1S/C6H11NO.C5H8O2/c1-3-4-5(2)6(7)8;1-4(2)5(6)7-3/h2-4H2,1H3,(H2,7,8);1H2,2-3H3. The normalized spacial score (nSPS) is 8.20. The van der Waals surface area contributed by atoms with Crippen molar-refractivity contribution >= 4 is 11.9 Å². The van der Waals surface area contributed by atoms with Crippen LogP contribution in [0.25, 0.3) is 0 Å². The van der Waals surface area contributed by atoms with Crippen LogP contribution in [-0.4, -0.2) is 19.0 Å². The number of hydrogen-bond acceptors (Lipinski definition) is 3. The molecule has 0 aromatic rings. The highest BCUT2D eigenvalue weighted by Crippen LogP contribution is 1.98. The van der Waals surface area contributed by atoms with E-state index < -0.39 is 0 Å². The highest BCUT2D eigenvalue weighted by atomic mass is 16.5. The number of esters is 1. The van der Waals surface area contributed by atoms with Gasteiger partial charge >= 0.3 is 5.97 Å². The number of hydrogen-bond donors (Lipinski definition) is 1. The first-order valence-electron chi connectivity index (χ1n) is 4.58. The van der Waals surface area contributed by atoms with Crippen LogP contribution in [-0.2, 0) is 14.3 Å². The van der Waals surface area contributed by atoms with Crippen molar-refractivity contribution in [1.29, 1.82) is 0 Å². The molecule has 0 spiro atoms. The summed E-state index contributed by atoms with van der Waals surface area (Å²) in [4.78, 5) is 20.4. The van der Waals surface area contributed by atoms with Crippen LogP contribution in [0.2, 0.25) is 0 Å². The van der Waals surface area contributed by atoms with Crippen molar-refractivity contribution in [2.24, 2.45) is 5.73 Å². The molecule has 0 saturated heterocycles. The second-order valence-electron chi connectivity index (χ2n) is 2.99. The van der Waals surface area contributed by atoms with Gasteiger partial charge in [-0.2, -0.15) is 0 Å². The summed E-state index contributed by atoms with van der Waals surface area (Å²) in [6.45, 7) is 10.4. The topological polar surface area (TPSA) is 69.4 Å². The number of amides is 1. The monoisotopic (exact) mass is 213 g/mol. The van der Waals surface area contributed by atoms with Gasteiger partial charge in [0.1, 0.15) is 0 Å². The second kappa shape index (κ2) is 8.99. The van der Waals surface area contributed by atoms with E-state index in [1.54, 1.807) is 6.92 Å². The Morgan fingerprint density at radius 1 is 1.33 bits per heavy atom. The molecule has 15 heavy (non-hydrogen) atoms. The Labute approximate surface area is 90.8 Å². The van der Waals surface area contributed by atoms with Gasteiger partial charge in [0.25, 0.3) is 0 Å². The van der Waals surface area contributed by atoms with E-state index in [1.807, 2.05) is 6.92 Å². The third-order valence-electron chi connectivity index (χ3n) is 1.43. The van der Waals surface area contributed by atoms with Crippen LogP contribution in [0.3, 0.4) is 0 Å². The fourth-order valence-electron chi connectivity index (χ4n) is 0.599. The molecule has 1 amide bonds. The maximum Gasteiger partial charge on any atom is 0.332 e. The summed E-state index contributed by atoms with van der Waals surface area (Å²) < 4.78 is 4.27. The lowest BCUT2D eigenvalue weighted by molar-refractivity contribution is -0.136. The minimum atomic E-state index is -0.383. The zero-order chi connectivity index (χ0) is 12.4. The van der Waals surface area contributed by atoms with Gasteiger partial charge in [-0.3, -0.25) is 4.79 Å². The Morgan fingerprint density at radius 2 is 1.80 bits per heavy atom. The Kier molecular flexibility index (Phi) is 9.52. The second-order valence-corrected chi connectivity index (χ2v) is 2.99. The predicted molar refractivity (Wildman–Crippen MR) is 60.1 cm³/mol. The van der Waals surface area contributed by atoms with Gasteiger partial charge in [0.2, 0.25) is 5.91 Å². The van der Waals surface area contributed by atoms with E-state index >= 15 is 0 Å². The molecule has 0 bridgehead atoms. The Hall–Kier alpha value is -1.58. The van der Waals surface area contributed by atoms with Crippen LogP contribution < -0.4 is 5.73 Å². The van der Waals surface area contributed by atoms with E-state index in [0.29, 0.717) is 11.1 Å². The Bertz CT molecular complexity index is 257. The van der Waals surface area contributed by atoms with Crippen LogP contribution in [0.4, 0.5) is 0 Å². The molecule has 0 heterocycles. The molecule has 0 fully saturated rings. The number of ether oxygens (including phenoxy) is 1. The van der Waals surface area contributed by atoms with Gasteiger partial charge in [0, 0.05) is 11.1 Å². The van der Waals surface area contributed by atoms with Crippen molar-refractivity contribution in [3.05, 3.63) is 24.3 Å². The first-order valence-corrected chi connectivity index (χ1v) is 4.58. The van der Waals surface area contributed by atoms with Crippen molar-refractivity contribution in [1.82, 2.24) is 0 Å². The minimum Gasteiger partial charge on any atom is -0.466 e. The van der Waals surface area contributed by atoms with Crippen molar-refractivity contribution in [2.45, 2.75) is 26.7 Å². The molecule has 86 valence electrons. The third-order valence-corrected chi connectivity index (χ3v) is 1.43. The lowest BCUT2D eigenvalue weighted by Gasteiger charge is -1.93. The molecule has 4 heteroatoms. The summed E-state index contributed by atoms with van der Waals surface area (Å²) >= 11 is 0. The van der Waals surface area contributed by atoms with Gasteiger partial charge in [-0.25, -0.2) is 4.79 Å². The molecular weight excluding hydrogens is 194 g/mol. The van der Waals surface area contributed by atoms with Crippen LogP contribution in [0.1, 0.15) is 26.7 Å². The third kappa shape index (κ3) is 10.3. The number of carbonyl (C=O) groups is 2. The van der Waals surface area contributed by atoms with E-state index in [-0.39, 0.29) is 11.9 Å². The van der Waals surface area contributed by atoms with E-state index in [9.17, 15) is 9.59 Å². The van der Waals surface area contributed by atoms with E-state index in [2.05, 4.69) is 17.9 Å². The van der Waals surface area contributed by atoms with Gasteiger partial charge in [0.15, 0.2) is 0 Å². The van der Waals surface area contributed by atoms with Gasteiger partial charge in [-0.05, 0) is 13.3 Å². The number of primary amides is 1. The summed E-state index contributed by atoms with van der Waals surface area (Å²) in [5.41, 5.74) is 5.84. The molecular formula is C11H19NO3. The Morgan fingerprint density at radius 3 is 1.87 bits per heavy atom. The van der Waals surface area contributed by atoms with Crippen LogP contribution in [0.15, 0.2) is 24.3 Å². The van der Waals surface area contributed by atoms with Crippen LogP contribution >= 0.6 is 0 Å². The smallest absolute Gasteiger partial charge is 0.332 e. The zero-order valence-corrected chi connectivity index (χ0v) is 9.63. The molecule has 0 atom stereocenters. The quantitative estimate of drug-likeness (QED) is 0.569. The highest BCUT2D eigenvalue weighted by molar-refractivity contribution is 5.91. The van der Waals surface area contributed by atoms with Crippen molar-refractivity contribution in [3.63, 3.8) is 0 Å². The predicted octanol–water partition coefficient (Wildman–Crippen LogP) is 1.56. The zero-order valence-electron chi connectivity index (χ0n) is 9.63.